The molecular weight excluding hydrogens is 420 g/mol. The van der Waals surface area contributed by atoms with Crippen molar-refractivity contribution in [3.8, 4) is 0 Å². The molecule has 30 heavy (non-hydrogen) atoms. The van der Waals surface area contributed by atoms with Gasteiger partial charge in [-0.15, -0.1) is 12.6 Å². The lowest BCUT2D eigenvalue weighted by Crippen LogP contribution is -2.67. The summed E-state index contributed by atoms with van der Waals surface area (Å²) in [5.41, 5.74) is 0.781. The van der Waals surface area contributed by atoms with Gasteiger partial charge in [0.2, 0.25) is 0 Å². The minimum atomic E-state index is -1.71. The first kappa shape index (κ1) is 23.8. The number of thiol groups is 1. The van der Waals surface area contributed by atoms with Gasteiger partial charge in [-0.05, 0) is 5.56 Å². The predicted octanol–water partition coefficient (Wildman–Crippen LogP) is -2.85. The minimum Gasteiger partial charge on any atom is -0.394 e. The van der Waals surface area contributed by atoms with Gasteiger partial charge in [0.05, 0.1) is 13.2 Å². The van der Waals surface area contributed by atoms with Crippen LogP contribution < -0.4 is 0 Å². The van der Waals surface area contributed by atoms with E-state index in [2.05, 4.69) is 12.6 Å². The van der Waals surface area contributed by atoms with Crippen LogP contribution in [0.1, 0.15) is 5.56 Å². The van der Waals surface area contributed by atoms with Gasteiger partial charge >= 0.3 is 0 Å². The topological polar surface area (TPSA) is 169 Å². The SMILES string of the molecule is OC[C@H]1O[C@@H](O[C@H]2[C@H](O)[C@@H](O)[C@@](S)(Cc3ccccc3)O[C@@H]2CO)[C@H](O)[C@@H](O)[C@H]1O. The van der Waals surface area contributed by atoms with Gasteiger partial charge in [0.15, 0.2) is 6.29 Å². The van der Waals surface area contributed by atoms with E-state index in [0.29, 0.717) is 0 Å². The Morgan fingerprint density at radius 3 is 2.10 bits per heavy atom. The van der Waals surface area contributed by atoms with Gasteiger partial charge in [0.25, 0.3) is 0 Å². The molecule has 170 valence electrons. The van der Waals surface area contributed by atoms with Crippen molar-refractivity contribution in [1.29, 1.82) is 0 Å². The number of hydrogen-bond donors (Lipinski definition) is 8. The van der Waals surface area contributed by atoms with Crippen LogP contribution in [-0.4, -0.2) is 109 Å². The van der Waals surface area contributed by atoms with Crippen molar-refractivity contribution in [1.82, 2.24) is 0 Å². The van der Waals surface area contributed by atoms with Crippen molar-refractivity contribution in [2.75, 3.05) is 13.2 Å². The second-order valence-corrected chi connectivity index (χ2v) is 8.34. The molecule has 10 atom stereocenters. The van der Waals surface area contributed by atoms with E-state index in [-0.39, 0.29) is 6.42 Å². The molecule has 2 saturated heterocycles. The molecular formula is C19H28O10S. The molecule has 2 heterocycles. The average Bonchev–Trinajstić information content (AvgIpc) is 2.74. The molecule has 0 bridgehead atoms. The standard InChI is InChI=1S/C19H28O10S/c20-7-10-12(22)13(23)14(24)18(27-10)28-16-11(8-21)29-19(30,17(26)15(16)25)6-9-4-2-1-3-5-9/h1-5,10-18,20-26,30H,6-8H2/t10-,11-,12+,13+,14-,15+,16-,17-,18+,19+/m1/s1. The van der Waals surface area contributed by atoms with E-state index in [1.165, 1.54) is 0 Å². The van der Waals surface area contributed by atoms with E-state index >= 15 is 0 Å². The molecule has 0 saturated carbocycles. The first-order valence-electron chi connectivity index (χ1n) is 9.59. The van der Waals surface area contributed by atoms with Crippen LogP contribution in [0.2, 0.25) is 0 Å². The van der Waals surface area contributed by atoms with Gasteiger partial charge < -0.3 is 50.0 Å². The molecule has 2 aliphatic rings. The minimum absolute atomic E-state index is 0.123. The van der Waals surface area contributed by atoms with Gasteiger partial charge in [-0.25, -0.2) is 0 Å². The lowest BCUT2D eigenvalue weighted by molar-refractivity contribution is -0.344. The molecule has 0 unspecified atom stereocenters. The summed E-state index contributed by atoms with van der Waals surface area (Å²) in [5.74, 6) is 0. The number of rotatable bonds is 6. The van der Waals surface area contributed by atoms with E-state index in [1.807, 2.05) is 6.07 Å². The zero-order valence-electron chi connectivity index (χ0n) is 16.0. The smallest absolute Gasteiger partial charge is 0.187 e. The fraction of sp³-hybridized carbons (Fsp3) is 0.684. The van der Waals surface area contributed by atoms with E-state index in [0.717, 1.165) is 5.56 Å². The zero-order valence-corrected chi connectivity index (χ0v) is 16.9. The number of ether oxygens (including phenoxy) is 3. The van der Waals surface area contributed by atoms with Crippen molar-refractivity contribution in [3.63, 3.8) is 0 Å². The van der Waals surface area contributed by atoms with Gasteiger partial charge in [-0.1, -0.05) is 30.3 Å². The summed E-state index contributed by atoms with van der Waals surface area (Å²) in [6, 6.07) is 9.01. The number of aliphatic hydroxyl groups is 7. The second kappa shape index (κ2) is 9.76. The van der Waals surface area contributed by atoms with Crippen molar-refractivity contribution in [3.05, 3.63) is 35.9 Å². The highest BCUT2D eigenvalue weighted by Gasteiger charge is 2.54. The monoisotopic (exact) mass is 448 g/mol. The van der Waals surface area contributed by atoms with Crippen LogP contribution in [0.5, 0.6) is 0 Å². The lowest BCUT2D eigenvalue weighted by Gasteiger charge is -2.49. The molecule has 1 aromatic rings. The average molecular weight is 448 g/mol. The van der Waals surface area contributed by atoms with Crippen LogP contribution in [-0.2, 0) is 20.6 Å². The summed E-state index contributed by atoms with van der Waals surface area (Å²) < 4.78 is 16.6. The highest BCUT2D eigenvalue weighted by molar-refractivity contribution is 7.81. The van der Waals surface area contributed by atoms with Gasteiger partial charge in [0.1, 0.15) is 53.8 Å². The molecule has 0 aromatic heterocycles. The van der Waals surface area contributed by atoms with Crippen molar-refractivity contribution >= 4 is 12.6 Å². The Balaban J connectivity index is 1.76. The molecule has 2 aliphatic heterocycles. The molecule has 0 spiro atoms. The molecule has 10 nitrogen and oxygen atoms in total. The molecule has 7 N–H and O–H groups in total. The predicted molar refractivity (Wildman–Crippen MR) is 104 cm³/mol. The summed E-state index contributed by atoms with van der Waals surface area (Å²) in [6.07, 6.45) is -13.3. The maximum Gasteiger partial charge on any atom is 0.187 e. The van der Waals surface area contributed by atoms with Crippen LogP contribution in [0.4, 0.5) is 0 Å². The van der Waals surface area contributed by atoms with Crippen LogP contribution >= 0.6 is 12.6 Å². The van der Waals surface area contributed by atoms with E-state index in [9.17, 15) is 35.7 Å². The molecule has 0 radical (unpaired) electrons. The number of hydrogen-bond acceptors (Lipinski definition) is 11. The highest BCUT2D eigenvalue weighted by Crippen LogP contribution is 2.38. The Labute approximate surface area is 178 Å². The third kappa shape index (κ3) is 4.66. The Morgan fingerprint density at radius 1 is 0.867 bits per heavy atom. The molecule has 2 fully saturated rings. The fourth-order valence-electron chi connectivity index (χ4n) is 3.74. The van der Waals surface area contributed by atoms with Gasteiger partial charge in [-0.3, -0.25) is 0 Å². The normalized spacial score (nSPS) is 44.7. The summed E-state index contributed by atoms with van der Waals surface area (Å²) in [6.45, 7) is -1.26. The molecule has 0 amide bonds. The quantitative estimate of drug-likeness (QED) is 0.212. The Morgan fingerprint density at radius 2 is 1.50 bits per heavy atom. The maximum absolute atomic E-state index is 10.7. The number of benzene rings is 1. The highest BCUT2D eigenvalue weighted by atomic mass is 32.1. The van der Waals surface area contributed by atoms with Crippen molar-refractivity contribution < 1.29 is 50.0 Å². The summed E-state index contributed by atoms with van der Waals surface area (Å²) in [7, 11) is 0. The first-order chi connectivity index (χ1) is 14.2. The Kier molecular flexibility index (Phi) is 7.75. The van der Waals surface area contributed by atoms with Crippen molar-refractivity contribution in [2.45, 2.75) is 66.5 Å². The van der Waals surface area contributed by atoms with Crippen LogP contribution in [0.25, 0.3) is 0 Å². The Hall–Kier alpha value is -0.830. The third-order valence-corrected chi connectivity index (χ3v) is 5.99. The maximum atomic E-state index is 10.7. The largest absolute Gasteiger partial charge is 0.394 e. The van der Waals surface area contributed by atoms with Gasteiger partial charge in [-0.2, -0.15) is 0 Å². The van der Waals surface area contributed by atoms with E-state index < -0.39 is 73.3 Å². The van der Waals surface area contributed by atoms with Crippen molar-refractivity contribution in [2.24, 2.45) is 0 Å². The lowest BCUT2D eigenvalue weighted by atomic mass is 9.90. The van der Waals surface area contributed by atoms with Crippen LogP contribution in [0.15, 0.2) is 30.3 Å². The second-order valence-electron chi connectivity index (χ2n) is 7.58. The van der Waals surface area contributed by atoms with E-state index in [1.54, 1.807) is 24.3 Å². The zero-order chi connectivity index (χ0) is 22.1. The van der Waals surface area contributed by atoms with Crippen LogP contribution in [0, 0.1) is 0 Å². The van der Waals surface area contributed by atoms with E-state index in [4.69, 9.17) is 14.2 Å². The fourth-order valence-corrected chi connectivity index (χ4v) is 4.21. The first-order valence-corrected chi connectivity index (χ1v) is 10.0. The third-order valence-electron chi connectivity index (χ3n) is 5.46. The van der Waals surface area contributed by atoms with Gasteiger partial charge in [0, 0.05) is 6.42 Å². The molecule has 1 aromatic carbocycles. The summed E-state index contributed by atoms with van der Waals surface area (Å²) in [4.78, 5) is -1.54. The Bertz CT molecular complexity index is 677. The molecule has 0 aliphatic carbocycles. The molecule has 3 rings (SSSR count). The number of aliphatic hydroxyl groups excluding tert-OH is 7. The summed E-state index contributed by atoms with van der Waals surface area (Å²) >= 11 is 4.42. The summed E-state index contributed by atoms with van der Waals surface area (Å²) in [5, 5.41) is 70.4. The molecule has 11 heteroatoms. The van der Waals surface area contributed by atoms with Crippen LogP contribution in [0.3, 0.4) is 0 Å².